The lowest BCUT2D eigenvalue weighted by Gasteiger charge is -2.39. The predicted molar refractivity (Wildman–Crippen MR) is 84.1 cm³/mol. The summed E-state index contributed by atoms with van der Waals surface area (Å²) in [6, 6.07) is 1.73. The van der Waals surface area contributed by atoms with Crippen molar-refractivity contribution in [1.82, 2.24) is 10.3 Å². The maximum absolute atomic E-state index is 12.5. The van der Waals surface area contributed by atoms with E-state index in [1.165, 1.54) is 25.1 Å². The quantitative estimate of drug-likeness (QED) is 0.824. The number of carbonyl (C=O) groups excluding carboxylic acids is 1. The van der Waals surface area contributed by atoms with Crippen LogP contribution in [-0.2, 0) is 0 Å². The van der Waals surface area contributed by atoms with Crippen LogP contribution in [0.1, 0.15) is 50.4 Å². The molecule has 1 aromatic rings. The third-order valence-corrected chi connectivity index (χ3v) is 6.45. The minimum Gasteiger partial charge on any atom is -0.397 e. The van der Waals surface area contributed by atoms with Gasteiger partial charge in [-0.15, -0.1) is 0 Å². The predicted octanol–water partition coefficient (Wildman–Crippen LogP) is 3.26. The largest absolute Gasteiger partial charge is 0.397 e. The Kier molecular flexibility index (Phi) is 3.21. The average molecular weight is 308 g/mol. The number of hydrogen-bond donors (Lipinski definition) is 2. The van der Waals surface area contributed by atoms with E-state index in [2.05, 4.69) is 31.1 Å². The lowest BCUT2D eigenvalue weighted by molar-refractivity contribution is 0.0827. The van der Waals surface area contributed by atoms with Gasteiger partial charge in [0.25, 0.3) is 5.91 Å². The summed E-state index contributed by atoms with van der Waals surface area (Å²) in [5.41, 5.74) is 7.05. The zero-order valence-corrected chi connectivity index (χ0v) is 13.5. The fourth-order valence-electron chi connectivity index (χ4n) is 4.30. The molecule has 1 amide bonds. The summed E-state index contributed by atoms with van der Waals surface area (Å²) >= 11 is 5.87. The molecule has 0 aliphatic heterocycles. The summed E-state index contributed by atoms with van der Waals surface area (Å²) in [7, 11) is 0. The first-order valence-electron chi connectivity index (χ1n) is 7.47. The number of nitrogens with two attached hydrogens (primary N) is 1. The van der Waals surface area contributed by atoms with E-state index >= 15 is 0 Å². The van der Waals surface area contributed by atoms with Crippen LogP contribution in [0.3, 0.4) is 0 Å². The summed E-state index contributed by atoms with van der Waals surface area (Å²) in [5.74, 6) is 0.539. The molecule has 2 aliphatic carbocycles. The first-order chi connectivity index (χ1) is 9.75. The van der Waals surface area contributed by atoms with E-state index in [0.717, 1.165) is 6.42 Å². The zero-order valence-electron chi connectivity index (χ0n) is 12.7. The average Bonchev–Trinajstić information content (AvgIpc) is 2.74. The molecule has 0 radical (unpaired) electrons. The van der Waals surface area contributed by atoms with Crippen molar-refractivity contribution >= 4 is 23.2 Å². The molecular weight excluding hydrogens is 286 g/mol. The molecule has 0 aromatic carbocycles. The SMILES string of the molecule is CC1(C)C2CCC1(C)C(NC(=O)c1cc(Cl)ncc1N)C2. The van der Waals surface area contributed by atoms with Gasteiger partial charge in [0, 0.05) is 6.04 Å². The molecule has 4 nitrogen and oxygen atoms in total. The van der Waals surface area contributed by atoms with Crippen LogP contribution in [-0.4, -0.2) is 16.9 Å². The van der Waals surface area contributed by atoms with Crippen molar-refractivity contribution in [2.75, 3.05) is 5.73 Å². The van der Waals surface area contributed by atoms with Crippen molar-refractivity contribution in [1.29, 1.82) is 0 Å². The Morgan fingerprint density at radius 2 is 2.19 bits per heavy atom. The number of anilines is 1. The molecule has 3 unspecified atom stereocenters. The molecule has 3 rings (SSSR count). The van der Waals surface area contributed by atoms with E-state index in [9.17, 15) is 4.79 Å². The Bertz CT molecular complexity index is 601. The van der Waals surface area contributed by atoms with Crippen molar-refractivity contribution in [3.05, 3.63) is 23.0 Å². The van der Waals surface area contributed by atoms with Crippen LogP contribution in [0.5, 0.6) is 0 Å². The minimum absolute atomic E-state index is 0.147. The number of amides is 1. The first-order valence-corrected chi connectivity index (χ1v) is 7.85. The number of carbonyl (C=O) groups is 1. The van der Waals surface area contributed by atoms with E-state index < -0.39 is 0 Å². The van der Waals surface area contributed by atoms with Gasteiger partial charge in [0.15, 0.2) is 0 Å². The summed E-state index contributed by atoms with van der Waals surface area (Å²) in [4.78, 5) is 16.4. The smallest absolute Gasteiger partial charge is 0.253 e. The Morgan fingerprint density at radius 1 is 1.48 bits per heavy atom. The lowest BCUT2D eigenvalue weighted by Crippen LogP contribution is -2.47. The van der Waals surface area contributed by atoms with Gasteiger partial charge in [-0.1, -0.05) is 32.4 Å². The molecule has 2 saturated carbocycles. The second-order valence-electron chi connectivity index (χ2n) is 7.23. The number of rotatable bonds is 2. The van der Waals surface area contributed by atoms with Crippen LogP contribution < -0.4 is 11.1 Å². The van der Waals surface area contributed by atoms with Gasteiger partial charge in [-0.05, 0) is 42.1 Å². The normalized spacial score (nSPS) is 33.1. The van der Waals surface area contributed by atoms with Crippen molar-refractivity contribution < 1.29 is 4.79 Å². The van der Waals surface area contributed by atoms with Crippen LogP contribution in [0.25, 0.3) is 0 Å². The molecule has 1 heterocycles. The maximum atomic E-state index is 12.5. The van der Waals surface area contributed by atoms with Gasteiger partial charge in [-0.3, -0.25) is 4.79 Å². The number of hydrogen-bond acceptors (Lipinski definition) is 3. The third-order valence-electron chi connectivity index (χ3n) is 6.25. The molecule has 21 heavy (non-hydrogen) atoms. The van der Waals surface area contributed by atoms with E-state index in [-0.39, 0.29) is 27.9 Å². The van der Waals surface area contributed by atoms with Crippen molar-refractivity contribution in [2.45, 2.75) is 46.1 Å². The number of halogens is 1. The summed E-state index contributed by atoms with van der Waals surface area (Å²) in [6.07, 6.45) is 4.92. The fourth-order valence-corrected chi connectivity index (χ4v) is 4.45. The second kappa shape index (κ2) is 4.60. The Labute approximate surface area is 130 Å². The fraction of sp³-hybridized carbons (Fsp3) is 0.625. The molecule has 0 spiro atoms. The number of nitrogens with zero attached hydrogens (tertiary/aromatic N) is 1. The number of nitrogens with one attached hydrogen (secondary N) is 1. The second-order valence-corrected chi connectivity index (χ2v) is 7.62. The van der Waals surface area contributed by atoms with Crippen LogP contribution in [0.2, 0.25) is 5.15 Å². The monoisotopic (exact) mass is 307 g/mol. The molecule has 2 fully saturated rings. The number of nitrogen functional groups attached to an aromatic ring is 1. The highest BCUT2D eigenvalue weighted by Gasteiger charge is 2.61. The molecule has 1 aromatic heterocycles. The van der Waals surface area contributed by atoms with Gasteiger partial charge in [0.2, 0.25) is 0 Å². The summed E-state index contributed by atoms with van der Waals surface area (Å²) in [6.45, 7) is 6.96. The molecule has 5 heteroatoms. The van der Waals surface area contributed by atoms with Crippen molar-refractivity contribution in [3.63, 3.8) is 0 Å². The Hall–Kier alpha value is -1.29. The lowest BCUT2D eigenvalue weighted by atomic mass is 9.69. The van der Waals surface area contributed by atoms with Crippen molar-refractivity contribution in [3.8, 4) is 0 Å². The molecule has 2 bridgehead atoms. The van der Waals surface area contributed by atoms with Gasteiger partial charge in [-0.2, -0.15) is 0 Å². The molecule has 114 valence electrons. The highest BCUT2D eigenvalue weighted by molar-refractivity contribution is 6.29. The summed E-state index contributed by atoms with van der Waals surface area (Å²) in [5, 5.41) is 3.47. The standard InChI is InChI=1S/C16H22ClN3O/c1-15(2)9-4-5-16(15,3)12(6-9)20-14(21)10-7-13(17)19-8-11(10)18/h7-9,12H,4-6,18H2,1-3H3,(H,20,21). The van der Waals surface area contributed by atoms with Gasteiger partial charge >= 0.3 is 0 Å². The van der Waals surface area contributed by atoms with Gasteiger partial charge in [-0.25, -0.2) is 4.98 Å². The van der Waals surface area contributed by atoms with Gasteiger partial charge in [0.05, 0.1) is 17.4 Å². The Morgan fingerprint density at radius 3 is 2.76 bits per heavy atom. The highest BCUT2D eigenvalue weighted by Crippen LogP contribution is 2.65. The van der Waals surface area contributed by atoms with Crippen LogP contribution in [0.4, 0.5) is 5.69 Å². The minimum atomic E-state index is -0.147. The molecular formula is C16H22ClN3O. The molecule has 3 N–H and O–H groups in total. The van der Waals surface area contributed by atoms with E-state index in [1.54, 1.807) is 0 Å². The van der Waals surface area contributed by atoms with E-state index in [0.29, 0.717) is 17.2 Å². The molecule has 3 atom stereocenters. The first kappa shape index (κ1) is 14.6. The molecule has 0 saturated heterocycles. The highest BCUT2D eigenvalue weighted by atomic mass is 35.5. The number of fused-ring (bicyclic) bond motifs is 2. The Balaban J connectivity index is 1.82. The topological polar surface area (TPSA) is 68.0 Å². The maximum Gasteiger partial charge on any atom is 0.253 e. The molecule has 2 aliphatic rings. The van der Waals surface area contributed by atoms with E-state index in [1.807, 2.05) is 0 Å². The van der Waals surface area contributed by atoms with Gasteiger partial charge < -0.3 is 11.1 Å². The van der Waals surface area contributed by atoms with Crippen LogP contribution >= 0.6 is 11.6 Å². The zero-order chi connectivity index (χ0) is 15.4. The van der Waals surface area contributed by atoms with Crippen LogP contribution in [0.15, 0.2) is 12.3 Å². The number of aromatic nitrogens is 1. The third kappa shape index (κ3) is 2.03. The van der Waals surface area contributed by atoms with E-state index in [4.69, 9.17) is 17.3 Å². The van der Waals surface area contributed by atoms with Crippen molar-refractivity contribution in [2.24, 2.45) is 16.7 Å². The summed E-state index contributed by atoms with van der Waals surface area (Å²) < 4.78 is 0. The number of pyridine rings is 1. The van der Waals surface area contributed by atoms with Gasteiger partial charge in [0.1, 0.15) is 5.15 Å². The van der Waals surface area contributed by atoms with Crippen LogP contribution in [0, 0.1) is 16.7 Å².